The van der Waals surface area contributed by atoms with E-state index in [0.717, 1.165) is 5.56 Å². The molecule has 0 spiro atoms. The van der Waals surface area contributed by atoms with Crippen molar-refractivity contribution < 1.29 is 4.79 Å². The number of para-hydroxylation sites is 1. The molecule has 1 heterocycles. The fraction of sp³-hybridized carbons (Fsp3) is 0.200. The van der Waals surface area contributed by atoms with Crippen LogP contribution < -0.4 is 5.32 Å². The molecule has 0 aliphatic carbocycles. The van der Waals surface area contributed by atoms with E-state index < -0.39 is 0 Å². The average molecular weight is 290 g/mol. The second-order valence-electron chi connectivity index (χ2n) is 4.28. The van der Waals surface area contributed by atoms with E-state index in [-0.39, 0.29) is 6.03 Å². The first kappa shape index (κ1) is 14.3. The van der Waals surface area contributed by atoms with Crippen LogP contribution in [0.2, 0.25) is 5.02 Å². The first-order chi connectivity index (χ1) is 9.70. The number of nitrogens with one attached hydrogen (secondary N) is 1. The first-order valence-corrected chi connectivity index (χ1v) is 6.78. The number of rotatable bonds is 4. The van der Waals surface area contributed by atoms with Gasteiger partial charge in [-0.3, -0.25) is 4.98 Å². The van der Waals surface area contributed by atoms with Crippen molar-refractivity contribution in [3.63, 3.8) is 0 Å². The summed E-state index contributed by atoms with van der Waals surface area (Å²) in [6, 6.07) is 10.8. The molecule has 0 saturated heterocycles. The van der Waals surface area contributed by atoms with Crippen LogP contribution in [-0.4, -0.2) is 22.5 Å². The lowest BCUT2D eigenvalue weighted by molar-refractivity contribution is 0.212. The van der Waals surface area contributed by atoms with E-state index in [1.807, 2.05) is 31.2 Å². The lowest BCUT2D eigenvalue weighted by Crippen LogP contribution is -2.34. The number of hydrogen-bond donors (Lipinski definition) is 1. The van der Waals surface area contributed by atoms with Crippen molar-refractivity contribution in [2.45, 2.75) is 13.5 Å². The Balaban J connectivity index is 2.04. The van der Waals surface area contributed by atoms with Crippen molar-refractivity contribution in [3.8, 4) is 0 Å². The molecule has 4 nitrogen and oxygen atoms in total. The van der Waals surface area contributed by atoms with Gasteiger partial charge in [-0.05, 0) is 36.8 Å². The second-order valence-corrected chi connectivity index (χ2v) is 4.69. The molecule has 5 heteroatoms. The number of aromatic nitrogens is 1. The Morgan fingerprint density at radius 3 is 2.60 bits per heavy atom. The van der Waals surface area contributed by atoms with Gasteiger partial charge in [0.2, 0.25) is 0 Å². The third kappa shape index (κ3) is 3.71. The van der Waals surface area contributed by atoms with Gasteiger partial charge in [0.05, 0.1) is 10.7 Å². The van der Waals surface area contributed by atoms with Gasteiger partial charge in [0, 0.05) is 25.5 Å². The fourth-order valence-electron chi connectivity index (χ4n) is 1.79. The van der Waals surface area contributed by atoms with E-state index in [1.165, 1.54) is 0 Å². The van der Waals surface area contributed by atoms with Crippen molar-refractivity contribution in [1.82, 2.24) is 9.88 Å². The minimum Gasteiger partial charge on any atom is -0.320 e. The van der Waals surface area contributed by atoms with Crippen LogP contribution in [-0.2, 0) is 6.54 Å². The van der Waals surface area contributed by atoms with Crippen LogP contribution in [0.3, 0.4) is 0 Å². The van der Waals surface area contributed by atoms with E-state index in [4.69, 9.17) is 11.6 Å². The summed E-state index contributed by atoms with van der Waals surface area (Å²) in [5, 5.41) is 3.35. The Morgan fingerprint density at radius 2 is 1.95 bits per heavy atom. The van der Waals surface area contributed by atoms with Gasteiger partial charge in [0.15, 0.2) is 0 Å². The first-order valence-electron chi connectivity index (χ1n) is 6.40. The number of anilines is 1. The topological polar surface area (TPSA) is 45.2 Å². The Hall–Kier alpha value is -2.07. The highest BCUT2D eigenvalue weighted by Gasteiger charge is 2.13. The number of amides is 2. The lowest BCUT2D eigenvalue weighted by atomic mass is 10.2. The number of halogens is 1. The Morgan fingerprint density at radius 1 is 1.25 bits per heavy atom. The molecule has 1 aromatic heterocycles. The maximum absolute atomic E-state index is 12.2. The van der Waals surface area contributed by atoms with Crippen molar-refractivity contribution in [3.05, 3.63) is 59.4 Å². The normalized spacial score (nSPS) is 10.1. The molecule has 0 unspecified atom stereocenters. The number of carbonyl (C=O) groups is 1. The van der Waals surface area contributed by atoms with Gasteiger partial charge >= 0.3 is 6.03 Å². The highest BCUT2D eigenvalue weighted by molar-refractivity contribution is 6.33. The van der Waals surface area contributed by atoms with Gasteiger partial charge in [-0.25, -0.2) is 4.79 Å². The molecule has 2 amide bonds. The molecule has 0 atom stereocenters. The second kappa shape index (κ2) is 6.91. The third-order valence-corrected chi connectivity index (χ3v) is 3.24. The van der Waals surface area contributed by atoms with Crippen molar-refractivity contribution >= 4 is 23.3 Å². The quantitative estimate of drug-likeness (QED) is 0.931. The molecular formula is C15H16ClN3O. The largest absolute Gasteiger partial charge is 0.322 e. The van der Waals surface area contributed by atoms with Crippen molar-refractivity contribution in [1.29, 1.82) is 0 Å². The van der Waals surface area contributed by atoms with Gasteiger partial charge in [-0.2, -0.15) is 0 Å². The maximum Gasteiger partial charge on any atom is 0.322 e. The van der Waals surface area contributed by atoms with E-state index >= 15 is 0 Å². The molecule has 1 N–H and O–H groups in total. The Kier molecular flexibility index (Phi) is 4.96. The summed E-state index contributed by atoms with van der Waals surface area (Å²) in [7, 11) is 0. The molecule has 0 saturated carbocycles. The molecule has 0 aliphatic rings. The lowest BCUT2D eigenvalue weighted by Gasteiger charge is -2.21. The summed E-state index contributed by atoms with van der Waals surface area (Å²) >= 11 is 6.03. The molecule has 2 aromatic rings. The summed E-state index contributed by atoms with van der Waals surface area (Å²) in [5.41, 5.74) is 1.66. The van der Waals surface area contributed by atoms with E-state index in [9.17, 15) is 4.79 Å². The zero-order valence-corrected chi connectivity index (χ0v) is 12.0. The van der Waals surface area contributed by atoms with Crippen LogP contribution in [0, 0.1) is 0 Å². The van der Waals surface area contributed by atoms with Crippen LogP contribution >= 0.6 is 11.6 Å². The molecule has 1 aromatic carbocycles. The van der Waals surface area contributed by atoms with Crippen LogP contribution in [0.15, 0.2) is 48.8 Å². The monoisotopic (exact) mass is 289 g/mol. The number of nitrogens with zero attached hydrogens (tertiary/aromatic N) is 2. The van der Waals surface area contributed by atoms with Crippen LogP contribution in [0.5, 0.6) is 0 Å². The zero-order valence-electron chi connectivity index (χ0n) is 11.2. The zero-order chi connectivity index (χ0) is 14.4. The Labute approximate surface area is 123 Å². The fourth-order valence-corrected chi connectivity index (χ4v) is 1.98. The van der Waals surface area contributed by atoms with Gasteiger partial charge in [0.1, 0.15) is 0 Å². The van der Waals surface area contributed by atoms with Gasteiger partial charge in [-0.1, -0.05) is 23.7 Å². The predicted molar refractivity (Wildman–Crippen MR) is 80.8 cm³/mol. The molecular weight excluding hydrogens is 274 g/mol. The predicted octanol–water partition coefficient (Wildman–Crippen LogP) is 3.79. The van der Waals surface area contributed by atoms with Gasteiger partial charge in [0.25, 0.3) is 0 Å². The highest BCUT2D eigenvalue weighted by atomic mass is 35.5. The van der Waals surface area contributed by atoms with Crippen LogP contribution in [0.4, 0.5) is 10.5 Å². The molecule has 104 valence electrons. The molecule has 0 aliphatic heterocycles. The van der Waals surface area contributed by atoms with E-state index in [2.05, 4.69) is 10.3 Å². The Bertz CT molecular complexity index is 574. The summed E-state index contributed by atoms with van der Waals surface area (Å²) in [6.07, 6.45) is 3.43. The van der Waals surface area contributed by atoms with Crippen LogP contribution in [0.25, 0.3) is 0 Å². The van der Waals surface area contributed by atoms with Gasteiger partial charge < -0.3 is 10.2 Å². The molecule has 2 rings (SSSR count). The number of carbonyl (C=O) groups excluding carboxylic acids is 1. The maximum atomic E-state index is 12.2. The molecule has 20 heavy (non-hydrogen) atoms. The smallest absolute Gasteiger partial charge is 0.320 e. The SMILES string of the molecule is CCN(Cc1ccncc1)C(=O)Nc1ccccc1Cl. The molecule has 0 fully saturated rings. The van der Waals surface area contributed by atoms with Crippen molar-refractivity contribution in [2.75, 3.05) is 11.9 Å². The summed E-state index contributed by atoms with van der Waals surface area (Å²) in [6.45, 7) is 3.08. The summed E-state index contributed by atoms with van der Waals surface area (Å²) in [4.78, 5) is 17.9. The molecule has 0 radical (unpaired) electrons. The number of urea groups is 1. The van der Waals surface area contributed by atoms with E-state index in [0.29, 0.717) is 23.8 Å². The highest BCUT2D eigenvalue weighted by Crippen LogP contribution is 2.21. The van der Waals surface area contributed by atoms with Gasteiger partial charge in [-0.15, -0.1) is 0 Å². The third-order valence-electron chi connectivity index (χ3n) is 2.91. The average Bonchev–Trinajstić information content (AvgIpc) is 2.48. The molecule has 0 bridgehead atoms. The number of benzene rings is 1. The standard InChI is InChI=1S/C15H16ClN3O/c1-2-19(11-12-7-9-17-10-8-12)15(20)18-14-6-4-3-5-13(14)16/h3-10H,2,11H2,1H3,(H,18,20). The van der Waals surface area contributed by atoms with E-state index in [1.54, 1.807) is 29.4 Å². The number of hydrogen-bond acceptors (Lipinski definition) is 2. The minimum absolute atomic E-state index is 0.169. The van der Waals surface area contributed by atoms with Crippen LogP contribution in [0.1, 0.15) is 12.5 Å². The summed E-state index contributed by atoms with van der Waals surface area (Å²) < 4.78 is 0. The summed E-state index contributed by atoms with van der Waals surface area (Å²) in [5.74, 6) is 0. The van der Waals surface area contributed by atoms with Crippen molar-refractivity contribution in [2.24, 2.45) is 0 Å². The minimum atomic E-state index is -0.169. The number of pyridine rings is 1.